The Labute approximate surface area is 172 Å². The van der Waals surface area contributed by atoms with E-state index in [9.17, 15) is 4.79 Å². The molecule has 154 valence electrons. The molecule has 0 radical (unpaired) electrons. The van der Waals surface area contributed by atoms with Gasteiger partial charge in [-0.1, -0.05) is 36.4 Å². The zero-order chi connectivity index (χ0) is 20.2. The van der Waals surface area contributed by atoms with Crippen molar-refractivity contribution in [1.29, 1.82) is 0 Å². The zero-order valence-electron chi connectivity index (χ0n) is 17.2. The lowest BCUT2D eigenvalue weighted by Crippen LogP contribution is -2.49. The summed E-state index contributed by atoms with van der Waals surface area (Å²) in [5.41, 5.74) is 2.40. The molecule has 1 atom stereocenters. The smallest absolute Gasteiger partial charge is 0.236 e. The van der Waals surface area contributed by atoms with Crippen LogP contribution in [0.3, 0.4) is 0 Å². The van der Waals surface area contributed by atoms with Crippen LogP contribution in [0.15, 0.2) is 48.5 Å². The summed E-state index contributed by atoms with van der Waals surface area (Å²) >= 11 is 0. The highest BCUT2D eigenvalue weighted by Gasteiger charge is 2.23. The second-order valence-corrected chi connectivity index (χ2v) is 7.83. The number of nitrogens with zero attached hydrogens (tertiary/aromatic N) is 3. The van der Waals surface area contributed by atoms with Crippen molar-refractivity contribution in [2.75, 3.05) is 46.6 Å². The highest BCUT2D eigenvalue weighted by Crippen LogP contribution is 2.32. The summed E-state index contributed by atoms with van der Waals surface area (Å²) in [6.45, 7) is 7.49. The first-order chi connectivity index (χ1) is 14.1. The van der Waals surface area contributed by atoms with Crippen LogP contribution in [0.4, 0.5) is 0 Å². The van der Waals surface area contributed by atoms with Crippen molar-refractivity contribution >= 4 is 5.91 Å². The minimum atomic E-state index is 0.0796. The lowest BCUT2D eigenvalue weighted by atomic mass is 10.1. The third-order valence-electron chi connectivity index (χ3n) is 5.92. The van der Waals surface area contributed by atoms with E-state index in [1.54, 1.807) is 0 Å². The number of rotatable bonds is 6. The summed E-state index contributed by atoms with van der Waals surface area (Å²) in [4.78, 5) is 19.3. The van der Waals surface area contributed by atoms with Gasteiger partial charge in [-0.15, -0.1) is 0 Å². The van der Waals surface area contributed by atoms with Crippen molar-refractivity contribution in [2.24, 2.45) is 0 Å². The molecule has 1 amide bonds. The van der Waals surface area contributed by atoms with Crippen molar-refractivity contribution in [2.45, 2.75) is 19.5 Å². The molecule has 2 aromatic rings. The third kappa shape index (κ3) is 4.71. The van der Waals surface area contributed by atoms with Crippen molar-refractivity contribution in [3.05, 3.63) is 59.7 Å². The zero-order valence-corrected chi connectivity index (χ0v) is 17.2. The SMILES string of the molecule is CC(c1ccccc1)N(C)C(=O)CN1CCN(Cc2ccc3c(c2)OCO3)CC1. The van der Waals surface area contributed by atoms with Gasteiger partial charge in [-0.2, -0.15) is 0 Å². The molecule has 4 rings (SSSR count). The summed E-state index contributed by atoms with van der Waals surface area (Å²) in [6, 6.07) is 16.4. The van der Waals surface area contributed by atoms with Gasteiger partial charge in [-0.05, 0) is 30.2 Å². The Morgan fingerprint density at radius 2 is 1.69 bits per heavy atom. The van der Waals surface area contributed by atoms with E-state index in [1.165, 1.54) is 5.56 Å². The number of fused-ring (bicyclic) bond motifs is 1. The maximum Gasteiger partial charge on any atom is 0.236 e. The predicted octanol–water partition coefficient (Wildman–Crippen LogP) is 2.75. The molecule has 0 bridgehead atoms. The van der Waals surface area contributed by atoms with Gasteiger partial charge < -0.3 is 14.4 Å². The van der Waals surface area contributed by atoms with Gasteiger partial charge in [0, 0.05) is 39.8 Å². The molecule has 2 heterocycles. The molecule has 2 aliphatic rings. The van der Waals surface area contributed by atoms with Crippen LogP contribution in [0, 0.1) is 0 Å². The van der Waals surface area contributed by atoms with Crippen LogP contribution in [0.1, 0.15) is 24.1 Å². The Balaban J connectivity index is 1.25. The first kappa shape index (κ1) is 19.7. The van der Waals surface area contributed by atoms with Crippen LogP contribution in [-0.2, 0) is 11.3 Å². The molecule has 0 aromatic heterocycles. The Morgan fingerprint density at radius 3 is 2.45 bits per heavy atom. The van der Waals surface area contributed by atoms with Gasteiger partial charge in [0.05, 0.1) is 12.6 Å². The molecule has 2 aliphatic heterocycles. The van der Waals surface area contributed by atoms with Crippen molar-refractivity contribution in [3.63, 3.8) is 0 Å². The Bertz CT molecular complexity index is 835. The number of amides is 1. The molecule has 0 saturated carbocycles. The predicted molar refractivity (Wildman–Crippen MR) is 112 cm³/mol. The number of benzene rings is 2. The molecule has 0 aliphatic carbocycles. The lowest BCUT2D eigenvalue weighted by molar-refractivity contribution is -0.133. The molecular formula is C23H29N3O3. The molecule has 2 aromatic carbocycles. The van der Waals surface area contributed by atoms with Gasteiger partial charge in [0.1, 0.15) is 0 Å². The molecule has 6 heteroatoms. The van der Waals surface area contributed by atoms with Crippen molar-refractivity contribution in [1.82, 2.24) is 14.7 Å². The van der Waals surface area contributed by atoms with Crippen LogP contribution < -0.4 is 9.47 Å². The number of hydrogen-bond donors (Lipinski definition) is 0. The fourth-order valence-corrected chi connectivity index (χ4v) is 3.88. The van der Waals surface area contributed by atoms with Crippen LogP contribution in [0.5, 0.6) is 11.5 Å². The van der Waals surface area contributed by atoms with E-state index >= 15 is 0 Å². The van der Waals surface area contributed by atoms with E-state index in [0.29, 0.717) is 13.3 Å². The number of carbonyl (C=O) groups is 1. The number of piperazine rings is 1. The fourth-order valence-electron chi connectivity index (χ4n) is 3.88. The van der Waals surface area contributed by atoms with Crippen LogP contribution >= 0.6 is 0 Å². The summed E-state index contributed by atoms with van der Waals surface area (Å²) in [5.74, 6) is 1.83. The largest absolute Gasteiger partial charge is 0.454 e. The molecule has 6 nitrogen and oxygen atoms in total. The van der Waals surface area contributed by atoms with E-state index < -0.39 is 0 Å². The second-order valence-electron chi connectivity index (χ2n) is 7.83. The van der Waals surface area contributed by atoms with Crippen molar-refractivity contribution in [3.8, 4) is 11.5 Å². The number of likely N-dealkylation sites (N-methyl/N-ethyl adjacent to an activating group) is 1. The van der Waals surface area contributed by atoms with Gasteiger partial charge in [-0.3, -0.25) is 14.6 Å². The van der Waals surface area contributed by atoms with E-state index in [1.807, 2.05) is 36.2 Å². The topological polar surface area (TPSA) is 45.3 Å². The Morgan fingerprint density at radius 1 is 1.00 bits per heavy atom. The molecule has 1 saturated heterocycles. The molecular weight excluding hydrogens is 366 g/mol. The summed E-state index contributed by atoms with van der Waals surface area (Å²) < 4.78 is 10.9. The van der Waals surface area contributed by atoms with E-state index in [2.05, 4.69) is 41.0 Å². The Hall–Kier alpha value is -2.57. The van der Waals surface area contributed by atoms with Crippen LogP contribution in [0.25, 0.3) is 0 Å². The third-order valence-corrected chi connectivity index (χ3v) is 5.92. The monoisotopic (exact) mass is 395 g/mol. The van der Waals surface area contributed by atoms with Gasteiger partial charge >= 0.3 is 0 Å². The fraction of sp³-hybridized carbons (Fsp3) is 0.435. The summed E-state index contributed by atoms with van der Waals surface area (Å²) in [7, 11) is 1.90. The highest BCUT2D eigenvalue weighted by atomic mass is 16.7. The standard InChI is InChI=1S/C23H29N3O3/c1-18(20-6-4-3-5-7-20)24(2)23(27)16-26-12-10-25(11-13-26)15-19-8-9-21-22(14-19)29-17-28-21/h3-9,14,18H,10-13,15-17H2,1-2H3. The number of carbonyl (C=O) groups excluding carboxylic acids is 1. The van der Waals surface area contributed by atoms with Crippen LogP contribution in [-0.4, -0.2) is 67.2 Å². The first-order valence-corrected chi connectivity index (χ1v) is 10.2. The molecule has 1 unspecified atom stereocenters. The molecule has 1 fully saturated rings. The Kier molecular flexibility index (Phi) is 6.02. The van der Waals surface area contributed by atoms with Crippen LogP contribution in [0.2, 0.25) is 0 Å². The minimum absolute atomic E-state index is 0.0796. The normalized spacial score (nSPS) is 17.9. The van der Waals surface area contributed by atoms with E-state index in [0.717, 1.165) is 49.8 Å². The summed E-state index contributed by atoms with van der Waals surface area (Å²) in [6.07, 6.45) is 0. The molecule has 29 heavy (non-hydrogen) atoms. The lowest BCUT2D eigenvalue weighted by Gasteiger charge is -2.35. The maximum absolute atomic E-state index is 12.8. The average Bonchev–Trinajstić information content (AvgIpc) is 3.22. The number of ether oxygens (including phenoxy) is 2. The van der Waals surface area contributed by atoms with Gasteiger partial charge in [0.2, 0.25) is 12.7 Å². The van der Waals surface area contributed by atoms with Gasteiger partial charge in [-0.25, -0.2) is 0 Å². The number of hydrogen-bond acceptors (Lipinski definition) is 5. The van der Waals surface area contributed by atoms with Gasteiger partial charge in [0.25, 0.3) is 0 Å². The van der Waals surface area contributed by atoms with E-state index in [-0.39, 0.29) is 11.9 Å². The minimum Gasteiger partial charge on any atom is -0.454 e. The maximum atomic E-state index is 12.8. The average molecular weight is 396 g/mol. The highest BCUT2D eigenvalue weighted by molar-refractivity contribution is 5.78. The second kappa shape index (κ2) is 8.84. The quantitative estimate of drug-likeness (QED) is 0.753. The first-order valence-electron chi connectivity index (χ1n) is 10.2. The molecule has 0 N–H and O–H groups in total. The molecule has 0 spiro atoms. The van der Waals surface area contributed by atoms with E-state index in [4.69, 9.17) is 9.47 Å². The van der Waals surface area contributed by atoms with Crippen molar-refractivity contribution < 1.29 is 14.3 Å². The van der Waals surface area contributed by atoms with Gasteiger partial charge in [0.15, 0.2) is 11.5 Å². The summed E-state index contributed by atoms with van der Waals surface area (Å²) in [5, 5.41) is 0.